The molecular weight excluding hydrogens is 310 g/mol. The number of aromatic nitrogens is 4. The largest absolute Gasteiger partial charge is 0.467 e. The van der Waals surface area contributed by atoms with Crippen molar-refractivity contribution in [2.75, 3.05) is 7.11 Å². The van der Waals surface area contributed by atoms with E-state index < -0.39 is 12.0 Å². The van der Waals surface area contributed by atoms with Crippen LogP contribution in [-0.4, -0.2) is 49.9 Å². The first-order valence-corrected chi connectivity index (χ1v) is 7.50. The predicted molar refractivity (Wildman–Crippen MR) is 84.1 cm³/mol. The van der Waals surface area contributed by atoms with Crippen LogP contribution >= 0.6 is 0 Å². The summed E-state index contributed by atoms with van der Waals surface area (Å²) < 4.78 is 4.87. The Morgan fingerprint density at radius 1 is 1.25 bits per heavy atom. The van der Waals surface area contributed by atoms with Crippen molar-refractivity contribution in [1.29, 1.82) is 0 Å². The van der Waals surface area contributed by atoms with E-state index in [0.717, 1.165) is 22.4 Å². The van der Waals surface area contributed by atoms with E-state index in [1.54, 1.807) is 30.9 Å². The summed E-state index contributed by atoms with van der Waals surface area (Å²) in [6.07, 6.45) is 3.49. The normalized spacial score (nSPS) is 16.9. The summed E-state index contributed by atoms with van der Waals surface area (Å²) in [4.78, 5) is 41.0. The van der Waals surface area contributed by atoms with E-state index in [-0.39, 0.29) is 12.5 Å². The molecule has 2 aromatic heterocycles. The van der Waals surface area contributed by atoms with Crippen molar-refractivity contribution in [1.82, 2.24) is 24.8 Å². The zero-order chi connectivity index (χ0) is 16.7. The molecule has 3 heterocycles. The molecule has 8 nitrogen and oxygen atoms in total. The third-order valence-electron chi connectivity index (χ3n) is 4.30. The molecule has 3 aromatic rings. The van der Waals surface area contributed by atoms with Crippen LogP contribution in [0.25, 0.3) is 11.0 Å². The van der Waals surface area contributed by atoms with Crippen molar-refractivity contribution in [3.05, 3.63) is 47.8 Å². The number of nitrogens with one attached hydrogen (secondary N) is 2. The van der Waals surface area contributed by atoms with Crippen molar-refractivity contribution < 1.29 is 14.3 Å². The second kappa shape index (κ2) is 5.48. The standard InChI is InChI=1S/C16H15N5O3/c1-24-16(23)14-5-12-13(20-8-19-12)6-21(14)15(22)9-2-3-10-11(4-9)18-7-17-10/h2-4,7-8,14H,5-6H2,1H3,(H,17,18)(H,19,20). The third kappa shape index (κ3) is 2.23. The van der Waals surface area contributed by atoms with Crippen LogP contribution in [0.3, 0.4) is 0 Å². The number of rotatable bonds is 2. The van der Waals surface area contributed by atoms with Gasteiger partial charge in [0.05, 0.1) is 48.7 Å². The van der Waals surface area contributed by atoms with Gasteiger partial charge in [-0.3, -0.25) is 4.79 Å². The van der Waals surface area contributed by atoms with Gasteiger partial charge in [0, 0.05) is 12.0 Å². The lowest BCUT2D eigenvalue weighted by Gasteiger charge is -2.33. The van der Waals surface area contributed by atoms with Gasteiger partial charge >= 0.3 is 5.97 Å². The molecule has 0 bridgehead atoms. The number of carbonyl (C=O) groups excluding carboxylic acids is 2. The van der Waals surface area contributed by atoms with E-state index in [4.69, 9.17) is 4.74 Å². The van der Waals surface area contributed by atoms with Crippen LogP contribution in [0.2, 0.25) is 0 Å². The average Bonchev–Trinajstić information content (AvgIpc) is 3.26. The summed E-state index contributed by atoms with van der Waals surface area (Å²) >= 11 is 0. The molecule has 4 rings (SSSR count). The zero-order valence-electron chi connectivity index (χ0n) is 12.9. The molecular formula is C16H15N5O3. The number of H-pyrrole nitrogens is 2. The molecule has 0 spiro atoms. The molecule has 1 aliphatic heterocycles. The molecule has 0 saturated carbocycles. The Morgan fingerprint density at radius 2 is 2.08 bits per heavy atom. The fourth-order valence-corrected chi connectivity index (χ4v) is 3.03. The lowest BCUT2D eigenvalue weighted by Crippen LogP contribution is -2.49. The molecule has 122 valence electrons. The smallest absolute Gasteiger partial charge is 0.329 e. The monoisotopic (exact) mass is 325 g/mol. The molecule has 0 fully saturated rings. The van der Waals surface area contributed by atoms with E-state index in [1.165, 1.54) is 12.0 Å². The number of nitrogens with zero attached hydrogens (tertiary/aromatic N) is 3. The molecule has 0 aliphatic carbocycles. The number of hydrogen-bond acceptors (Lipinski definition) is 5. The van der Waals surface area contributed by atoms with E-state index >= 15 is 0 Å². The molecule has 24 heavy (non-hydrogen) atoms. The number of fused-ring (bicyclic) bond motifs is 2. The van der Waals surface area contributed by atoms with Crippen molar-refractivity contribution in [3.8, 4) is 0 Å². The fourth-order valence-electron chi connectivity index (χ4n) is 3.03. The highest BCUT2D eigenvalue weighted by Crippen LogP contribution is 2.24. The van der Waals surface area contributed by atoms with Gasteiger partial charge in [-0.25, -0.2) is 14.8 Å². The molecule has 0 saturated heterocycles. The predicted octanol–water partition coefficient (Wildman–Crippen LogP) is 1.03. The molecule has 1 amide bonds. The summed E-state index contributed by atoms with van der Waals surface area (Å²) in [5, 5.41) is 0. The Labute approximate surface area is 136 Å². The number of esters is 1. The topological polar surface area (TPSA) is 104 Å². The van der Waals surface area contributed by atoms with Gasteiger partial charge in [-0.1, -0.05) is 0 Å². The molecule has 1 unspecified atom stereocenters. The lowest BCUT2D eigenvalue weighted by atomic mass is 10.0. The summed E-state index contributed by atoms with van der Waals surface area (Å²) in [5.74, 6) is -0.679. The lowest BCUT2D eigenvalue weighted by molar-refractivity contribution is -0.146. The number of carbonyl (C=O) groups is 2. The second-order valence-corrected chi connectivity index (χ2v) is 5.64. The van der Waals surface area contributed by atoms with Gasteiger partial charge in [-0.2, -0.15) is 0 Å². The maximum Gasteiger partial charge on any atom is 0.329 e. The van der Waals surface area contributed by atoms with Gasteiger partial charge < -0.3 is 19.6 Å². The minimum absolute atomic E-state index is 0.234. The van der Waals surface area contributed by atoms with Crippen molar-refractivity contribution in [2.24, 2.45) is 0 Å². The molecule has 0 radical (unpaired) electrons. The van der Waals surface area contributed by atoms with Crippen LogP contribution in [0.1, 0.15) is 21.7 Å². The Morgan fingerprint density at radius 3 is 2.92 bits per heavy atom. The fraction of sp³-hybridized carbons (Fsp3) is 0.250. The average molecular weight is 325 g/mol. The Hall–Kier alpha value is -3.16. The number of imidazole rings is 2. The van der Waals surface area contributed by atoms with Crippen LogP contribution in [0.4, 0.5) is 0 Å². The van der Waals surface area contributed by atoms with Gasteiger partial charge in [-0.15, -0.1) is 0 Å². The second-order valence-electron chi connectivity index (χ2n) is 5.64. The van der Waals surface area contributed by atoms with E-state index in [2.05, 4.69) is 19.9 Å². The van der Waals surface area contributed by atoms with Gasteiger partial charge in [0.15, 0.2) is 0 Å². The Bertz CT molecular complexity index is 929. The zero-order valence-corrected chi connectivity index (χ0v) is 12.9. The number of methoxy groups -OCH3 is 1. The van der Waals surface area contributed by atoms with E-state index in [1.807, 2.05) is 0 Å². The van der Waals surface area contributed by atoms with Gasteiger partial charge in [0.2, 0.25) is 0 Å². The highest BCUT2D eigenvalue weighted by atomic mass is 16.5. The minimum Gasteiger partial charge on any atom is -0.467 e. The first kappa shape index (κ1) is 14.4. The first-order chi connectivity index (χ1) is 11.7. The van der Waals surface area contributed by atoms with E-state index in [9.17, 15) is 9.59 Å². The third-order valence-corrected chi connectivity index (χ3v) is 4.30. The van der Waals surface area contributed by atoms with Crippen LogP contribution in [0.15, 0.2) is 30.9 Å². The highest BCUT2D eigenvalue weighted by molar-refractivity contribution is 5.99. The Kier molecular flexibility index (Phi) is 3.30. The SMILES string of the molecule is COC(=O)C1Cc2nc[nH]c2CN1C(=O)c1ccc2nc[nH]c2c1. The van der Waals surface area contributed by atoms with Crippen LogP contribution in [0, 0.1) is 0 Å². The maximum atomic E-state index is 13.0. The van der Waals surface area contributed by atoms with Gasteiger partial charge in [-0.05, 0) is 18.2 Å². The summed E-state index contributed by atoms with van der Waals surface area (Å²) in [6.45, 7) is 0.287. The summed E-state index contributed by atoms with van der Waals surface area (Å²) in [7, 11) is 1.32. The maximum absolute atomic E-state index is 13.0. The number of hydrogen-bond donors (Lipinski definition) is 2. The Balaban J connectivity index is 1.71. The van der Waals surface area contributed by atoms with E-state index in [0.29, 0.717) is 12.0 Å². The van der Waals surface area contributed by atoms with Crippen molar-refractivity contribution in [3.63, 3.8) is 0 Å². The van der Waals surface area contributed by atoms with Crippen molar-refractivity contribution >= 4 is 22.9 Å². The van der Waals surface area contributed by atoms with Crippen LogP contribution in [-0.2, 0) is 22.5 Å². The highest BCUT2D eigenvalue weighted by Gasteiger charge is 2.37. The quantitative estimate of drug-likeness (QED) is 0.685. The molecule has 1 atom stereocenters. The summed E-state index contributed by atoms with van der Waals surface area (Å²) in [6, 6.07) is 4.54. The minimum atomic E-state index is -0.684. The van der Waals surface area contributed by atoms with Gasteiger partial charge in [0.25, 0.3) is 5.91 Å². The van der Waals surface area contributed by atoms with Crippen LogP contribution < -0.4 is 0 Å². The number of aromatic amines is 2. The number of ether oxygens (including phenoxy) is 1. The summed E-state index contributed by atoms with van der Waals surface area (Å²) in [5.41, 5.74) is 3.67. The molecule has 1 aromatic carbocycles. The number of benzene rings is 1. The molecule has 2 N–H and O–H groups in total. The number of amides is 1. The van der Waals surface area contributed by atoms with Crippen LogP contribution in [0.5, 0.6) is 0 Å². The molecule has 8 heteroatoms. The van der Waals surface area contributed by atoms with Gasteiger partial charge in [0.1, 0.15) is 6.04 Å². The first-order valence-electron chi connectivity index (χ1n) is 7.50. The van der Waals surface area contributed by atoms with Crippen molar-refractivity contribution in [2.45, 2.75) is 19.0 Å². The molecule has 1 aliphatic rings.